The van der Waals surface area contributed by atoms with Gasteiger partial charge in [-0.2, -0.15) is 0 Å². The Labute approximate surface area is 76.9 Å². The van der Waals surface area contributed by atoms with Crippen LogP contribution in [0.2, 0.25) is 0 Å². The van der Waals surface area contributed by atoms with Crippen molar-refractivity contribution in [2.24, 2.45) is 46.3 Å². The molecule has 0 spiro atoms. The van der Waals surface area contributed by atoms with Crippen molar-refractivity contribution in [3.05, 3.63) is 0 Å². The van der Waals surface area contributed by atoms with Gasteiger partial charge in [0.2, 0.25) is 0 Å². The normalized spacial score (nSPS) is 83.5. The molecule has 6 rings (SSSR count). The lowest BCUT2D eigenvalue weighted by Gasteiger charge is -2.21. The van der Waals surface area contributed by atoms with Gasteiger partial charge < -0.3 is 10.2 Å². The molecule has 0 aliphatic heterocycles. The highest BCUT2D eigenvalue weighted by molar-refractivity contribution is 5.49. The molecule has 6 aliphatic carbocycles. The Hall–Kier alpha value is -0.0800. The molecule has 0 aromatic carbocycles. The lowest BCUT2D eigenvalue weighted by atomic mass is 9.87. The van der Waals surface area contributed by atoms with Gasteiger partial charge in [-0.1, -0.05) is 0 Å². The monoisotopic (exact) mass is 178 g/mol. The van der Waals surface area contributed by atoms with Crippen molar-refractivity contribution >= 4 is 0 Å². The fourth-order valence-corrected chi connectivity index (χ4v) is 6.90. The van der Waals surface area contributed by atoms with Gasteiger partial charge in [0.1, 0.15) is 0 Å². The molecule has 6 fully saturated rings. The van der Waals surface area contributed by atoms with Crippen molar-refractivity contribution < 1.29 is 10.2 Å². The Bertz CT molecular complexity index is 285. The molecule has 4 unspecified atom stereocenters. The Morgan fingerprint density at radius 3 is 1.54 bits per heavy atom. The number of hydrogen-bond acceptors (Lipinski definition) is 2. The minimum atomic E-state index is 0.241. The predicted molar refractivity (Wildman–Crippen MR) is 44.6 cm³/mol. The second kappa shape index (κ2) is 1.31. The number of aliphatic hydroxyl groups is 2. The SMILES string of the molecule is OCC12[C@@H]3C4CC([C@@H]5[C@H]4C51CO)[C@@H]32. The van der Waals surface area contributed by atoms with E-state index in [-0.39, 0.29) is 10.8 Å². The van der Waals surface area contributed by atoms with Crippen LogP contribution in [-0.4, -0.2) is 23.4 Å². The smallest absolute Gasteiger partial charge is 0.0499 e. The van der Waals surface area contributed by atoms with Crippen LogP contribution in [0, 0.1) is 46.3 Å². The van der Waals surface area contributed by atoms with Crippen LogP contribution >= 0.6 is 0 Å². The first-order valence-corrected chi connectivity index (χ1v) is 5.56. The van der Waals surface area contributed by atoms with E-state index in [9.17, 15) is 10.2 Å². The minimum absolute atomic E-state index is 0.241. The molecule has 0 amide bonds. The standard InChI is InChI=1S/C11H14O2/c12-2-10-6-4-1-5(7(6)10)9-8(4)11(9,10)3-13/h4-9,12-13H,1-3H2/t4?,5?,6-,7+,8+,9-,10?,11?. The summed E-state index contributed by atoms with van der Waals surface area (Å²) in [4.78, 5) is 0. The zero-order valence-electron chi connectivity index (χ0n) is 7.48. The van der Waals surface area contributed by atoms with Crippen molar-refractivity contribution in [2.45, 2.75) is 6.42 Å². The molecule has 13 heavy (non-hydrogen) atoms. The molecule has 2 nitrogen and oxygen atoms in total. The van der Waals surface area contributed by atoms with Crippen LogP contribution < -0.4 is 0 Å². The number of hydrogen-bond donors (Lipinski definition) is 2. The van der Waals surface area contributed by atoms with E-state index in [1.54, 1.807) is 0 Å². The Kier molecular flexibility index (Phi) is 0.647. The third-order valence-corrected chi connectivity index (χ3v) is 6.71. The first-order chi connectivity index (χ1) is 6.34. The molecular weight excluding hydrogens is 164 g/mol. The Balaban J connectivity index is 1.81. The molecule has 6 aliphatic rings. The van der Waals surface area contributed by atoms with E-state index in [4.69, 9.17) is 0 Å². The first-order valence-electron chi connectivity index (χ1n) is 5.56. The van der Waals surface area contributed by atoms with Gasteiger partial charge in [-0.3, -0.25) is 0 Å². The molecular formula is C11H14O2. The van der Waals surface area contributed by atoms with Gasteiger partial charge in [0.25, 0.3) is 0 Å². The van der Waals surface area contributed by atoms with Crippen LogP contribution in [0.4, 0.5) is 0 Å². The molecule has 0 aromatic heterocycles. The summed E-state index contributed by atoms with van der Waals surface area (Å²) < 4.78 is 0. The summed E-state index contributed by atoms with van der Waals surface area (Å²) >= 11 is 0. The van der Waals surface area contributed by atoms with E-state index in [1.165, 1.54) is 6.42 Å². The van der Waals surface area contributed by atoms with Crippen molar-refractivity contribution in [3.63, 3.8) is 0 Å². The van der Waals surface area contributed by atoms with Crippen LogP contribution in [0.5, 0.6) is 0 Å². The third-order valence-electron chi connectivity index (χ3n) is 6.71. The molecule has 2 N–H and O–H groups in total. The van der Waals surface area contributed by atoms with Gasteiger partial charge in [0.15, 0.2) is 0 Å². The molecule has 0 saturated heterocycles. The molecule has 8 atom stereocenters. The van der Waals surface area contributed by atoms with Crippen LogP contribution in [0.15, 0.2) is 0 Å². The van der Waals surface area contributed by atoms with Crippen molar-refractivity contribution in [2.75, 3.05) is 13.2 Å². The van der Waals surface area contributed by atoms with Crippen molar-refractivity contribution in [1.82, 2.24) is 0 Å². The second-order valence-corrected chi connectivity index (χ2v) is 6.06. The molecule has 0 radical (unpaired) electrons. The molecule has 6 saturated carbocycles. The highest BCUT2D eigenvalue weighted by Crippen LogP contribution is 3.04. The highest BCUT2D eigenvalue weighted by atomic mass is 16.3. The van der Waals surface area contributed by atoms with Gasteiger partial charge >= 0.3 is 0 Å². The molecule has 2 heteroatoms. The minimum Gasteiger partial charge on any atom is -0.396 e. The second-order valence-electron chi connectivity index (χ2n) is 6.06. The summed E-state index contributed by atoms with van der Waals surface area (Å²) in [7, 11) is 0. The van der Waals surface area contributed by atoms with Crippen molar-refractivity contribution in [3.8, 4) is 0 Å². The van der Waals surface area contributed by atoms with Crippen molar-refractivity contribution in [1.29, 1.82) is 0 Å². The van der Waals surface area contributed by atoms with Crippen LogP contribution in [-0.2, 0) is 0 Å². The van der Waals surface area contributed by atoms with E-state index in [2.05, 4.69) is 0 Å². The maximum absolute atomic E-state index is 9.58. The molecule has 2 bridgehead atoms. The lowest BCUT2D eigenvalue weighted by molar-refractivity contribution is 0.0822. The summed E-state index contributed by atoms with van der Waals surface area (Å²) in [5.74, 6) is 5.18. The first kappa shape index (κ1) is 6.41. The average Bonchev–Trinajstić information content (AvgIpc) is 2.90. The van der Waals surface area contributed by atoms with E-state index < -0.39 is 0 Å². The zero-order chi connectivity index (χ0) is 8.59. The summed E-state index contributed by atoms with van der Waals surface area (Å²) in [5, 5.41) is 19.2. The summed E-state index contributed by atoms with van der Waals surface area (Å²) in [6, 6.07) is 0. The average molecular weight is 178 g/mol. The van der Waals surface area contributed by atoms with Crippen LogP contribution in [0.1, 0.15) is 6.42 Å². The quantitative estimate of drug-likeness (QED) is 0.629. The Morgan fingerprint density at radius 2 is 1.23 bits per heavy atom. The Morgan fingerprint density at radius 1 is 0.846 bits per heavy atom. The van der Waals surface area contributed by atoms with E-state index in [0.717, 1.165) is 35.5 Å². The summed E-state index contributed by atoms with van der Waals surface area (Å²) in [6.07, 6.45) is 1.44. The fourth-order valence-electron chi connectivity index (χ4n) is 6.90. The maximum atomic E-state index is 9.58. The largest absolute Gasteiger partial charge is 0.396 e. The highest BCUT2D eigenvalue weighted by Gasteiger charge is 3.03. The molecule has 0 aromatic rings. The fraction of sp³-hybridized carbons (Fsp3) is 1.00. The number of aliphatic hydroxyl groups excluding tert-OH is 2. The lowest BCUT2D eigenvalue weighted by Crippen LogP contribution is -2.26. The van der Waals surface area contributed by atoms with Gasteiger partial charge in [0.05, 0.1) is 0 Å². The van der Waals surface area contributed by atoms with E-state index >= 15 is 0 Å². The van der Waals surface area contributed by atoms with Gasteiger partial charge in [-0.25, -0.2) is 0 Å². The van der Waals surface area contributed by atoms with Gasteiger partial charge in [-0.05, 0) is 41.9 Å². The summed E-state index contributed by atoms with van der Waals surface area (Å²) in [6.45, 7) is 0.728. The predicted octanol–water partition coefficient (Wildman–Crippen LogP) is 0.0991. The third kappa shape index (κ3) is 0.296. The van der Waals surface area contributed by atoms with Gasteiger partial charge in [0, 0.05) is 24.0 Å². The molecule has 0 heterocycles. The van der Waals surface area contributed by atoms with E-state index in [0.29, 0.717) is 13.2 Å². The maximum Gasteiger partial charge on any atom is 0.0499 e. The summed E-state index contributed by atoms with van der Waals surface area (Å²) in [5.41, 5.74) is 0.481. The molecule has 70 valence electrons. The van der Waals surface area contributed by atoms with E-state index in [1.807, 2.05) is 0 Å². The van der Waals surface area contributed by atoms with Gasteiger partial charge in [-0.15, -0.1) is 0 Å². The number of rotatable bonds is 2. The van der Waals surface area contributed by atoms with Crippen LogP contribution in [0.3, 0.4) is 0 Å². The topological polar surface area (TPSA) is 40.5 Å². The zero-order valence-corrected chi connectivity index (χ0v) is 7.48. The van der Waals surface area contributed by atoms with Crippen LogP contribution in [0.25, 0.3) is 0 Å².